The summed E-state index contributed by atoms with van der Waals surface area (Å²) in [5.41, 5.74) is 2.96. The van der Waals surface area contributed by atoms with E-state index in [0.29, 0.717) is 16.7 Å². The van der Waals surface area contributed by atoms with Gasteiger partial charge in [0.25, 0.3) is 0 Å². The van der Waals surface area contributed by atoms with Crippen LogP contribution in [-0.2, 0) is 6.42 Å². The van der Waals surface area contributed by atoms with E-state index in [1.807, 2.05) is 55.3 Å². The maximum Gasteiger partial charge on any atom is 0.227 e. The number of methoxy groups -OCH3 is 1. The summed E-state index contributed by atoms with van der Waals surface area (Å²) in [5, 5.41) is 3.82. The van der Waals surface area contributed by atoms with Crippen LogP contribution in [0.5, 0.6) is 5.75 Å². The minimum atomic E-state index is 0.544. The molecule has 2 aromatic heterocycles. The smallest absolute Gasteiger partial charge is 0.227 e. The number of benzene rings is 1. The Bertz CT molecular complexity index is 904. The molecule has 2 heterocycles. The highest BCUT2D eigenvalue weighted by Gasteiger charge is 2.09. The van der Waals surface area contributed by atoms with E-state index < -0.39 is 0 Å². The molecule has 140 valence electrons. The highest BCUT2D eigenvalue weighted by molar-refractivity contribution is 6.32. The first kappa shape index (κ1) is 18.9. The van der Waals surface area contributed by atoms with Gasteiger partial charge in [-0.3, -0.25) is 4.98 Å². The number of pyridine rings is 1. The normalized spacial score (nSPS) is 10.5. The number of anilines is 3. The van der Waals surface area contributed by atoms with E-state index in [1.54, 1.807) is 19.5 Å². The van der Waals surface area contributed by atoms with Crippen LogP contribution in [0, 0.1) is 6.92 Å². The van der Waals surface area contributed by atoms with Crippen molar-refractivity contribution in [2.75, 3.05) is 30.9 Å². The summed E-state index contributed by atoms with van der Waals surface area (Å²) in [6.45, 7) is 2.76. The van der Waals surface area contributed by atoms with Crippen LogP contribution in [0.3, 0.4) is 0 Å². The van der Waals surface area contributed by atoms with Crippen LogP contribution in [0.2, 0.25) is 5.02 Å². The van der Waals surface area contributed by atoms with E-state index in [1.165, 1.54) is 5.56 Å². The summed E-state index contributed by atoms with van der Waals surface area (Å²) in [6, 6.07) is 11.5. The van der Waals surface area contributed by atoms with Gasteiger partial charge < -0.3 is 15.0 Å². The van der Waals surface area contributed by atoms with Crippen LogP contribution in [0.1, 0.15) is 11.3 Å². The minimum absolute atomic E-state index is 0.544. The summed E-state index contributed by atoms with van der Waals surface area (Å²) in [7, 11) is 3.58. The van der Waals surface area contributed by atoms with Gasteiger partial charge in [-0.1, -0.05) is 11.6 Å². The molecular weight excluding hydrogens is 362 g/mol. The maximum atomic E-state index is 6.20. The molecule has 0 aliphatic carbocycles. The van der Waals surface area contributed by atoms with Crippen molar-refractivity contribution in [3.05, 3.63) is 65.1 Å². The molecule has 0 aliphatic rings. The molecule has 3 rings (SSSR count). The molecule has 0 atom stereocenters. The van der Waals surface area contributed by atoms with E-state index in [9.17, 15) is 0 Å². The molecular formula is C20H22ClN5O. The average Bonchev–Trinajstić information content (AvgIpc) is 2.66. The molecule has 0 saturated heterocycles. The van der Waals surface area contributed by atoms with Gasteiger partial charge in [0.2, 0.25) is 5.95 Å². The minimum Gasteiger partial charge on any atom is -0.495 e. The van der Waals surface area contributed by atoms with Gasteiger partial charge in [-0.05, 0) is 49.2 Å². The lowest BCUT2D eigenvalue weighted by molar-refractivity contribution is 0.415. The molecule has 0 bridgehead atoms. The molecule has 0 fully saturated rings. The first-order valence-electron chi connectivity index (χ1n) is 8.61. The summed E-state index contributed by atoms with van der Waals surface area (Å²) in [4.78, 5) is 15.3. The van der Waals surface area contributed by atoms with Crippen molar-refractivity contribution < 1.29 is 4.74 Å². The van der Waals surface area contributed by atoms with Crippen LogP contribution in [0.15, 0.2) is 48.8 Å². The Labute approximate surface area is 164 Å². The number of hydrogen-bond acceptors (Lipinski definition) is 6. The zero-order valence-corrected chi connectivity index (χ0v) is 16.4. The van der Waals surface area contributed by atoms with E-state index in [4.69, 9.17) is 16.3 Å². The molecule has 3 aromatic rings. The van der Waals surface area contributed by atoms with Crippen LogP contribution < -0.4 is 15.0 Å². The first-order chi connectivity index (χ1) is 13.0. The summed E-state index contributed by atoms with van der Waals surface area (Å²) >= 11 is 6.20. The Kier molecular flexibility index (Phi) is 6.08. The van der Waals surface area contributed by atoms with Crippen molar-refractivity contribution in [2.45, 2.75) is 13.3 Å². The first-order valence-corrected chi connectivity index (χ1v) is 8.99. The lowest BCUT2D eigenvalue weighted by Crippen LogP contribution is -2.23. The Morgan fingerprint density at radius 1 is 1.11 bits per heavy atom. The number of aromatic nitrogens is 3. The van der Waals surface area contributed by atoms with E-state index in [0.717, 1.165) is 30.2 Å². The third-order valence-corrected chi connectivity index (χ3v) is 4.39. The third kappa shape index (κ3) is 5.08. The van der Waals surface area contributed by atoms with Gasteiger partial charge >= 0.3 is 0 Å². The predicted octanol–water partition coefficient (Wildman–Crippen LogP) is 4.26. The van der Waals surface area contributed by atoms with E-state index in [2.05, 4.69) is 20.3 Å². The third-order valence-electron chi connectivity index (χ3n) is 4.09. The number of nitrogens with one attached hydrogen (secondary N) is 1. The standard InChI is InChI=1S/C20H22ClN5O/c1-14-12-19(24-16-4-5-18(27-3)17(21)13-16)25-20(23-14)26(2)11-8-15-6-9-22-10-7-15/h4-7,9-10,12-13H,8,11H2,1-3H3,(H,23,24,25). The molecule has 0 radical (unpaired) electrons. The van der Waals surface area contributed by atoms with Crippen molar-refractivity contribution in [3.63, 3.8) is 0 Å². The largest absolute Gasteiger partial charge is 0.495 e. The average molecular weight is 384 g/mol. The molecule has 1 aromatic carbocycles. The highest BCUT2D eigenvalue weighted by atomic mass is 35.5. The van der Waals surface area contributed by atoms with Crippen LogP contribution in [0.4, 0.5) is 17.5 Å². The summed E-state index contributed by atoms with van der Waals surface area (Å²) in [6.07, 6.45) is 4.51. The van der Waals surface area contributed by atoms with Crippen LogP contribution in [-0.4, -0.2) is 35.7 Å². The second kappa shape index (κ2) is 8.68. The van der Waals surface area contributed by atoms with Gasteiger partial charge in [-0.25, -0.2) is 4.98 Å². The predicted molar refractivity (Wildman–Crippen MR) is 109 cm³/mol. The van der Waals surface area contributed by atoms with Gasteiger partial charge in [0, 0.05) is 43.4 Å². The molecule has 0 spiro atoms. The molecule has 0 amide bonds. The number of nitrogens with zero attached hydrogens (tertiary/aromatic N) is 4. The molecule has 1 N–H and O–H groups in total. The number of ether oxygens (including phenoxy) is 1. The van der Waals surface area contributed by atoms with E-state index >= 15 is 0 Å². The van der Waals surface area contributed by atoms with Crippen molar-refractivity contribution in [1.29, 1.82) is 0 Å². The van der Waals surface area contributed by atoms with E-state index in [-0.39, 0.29) is 0 Å². The second-order valence-electron chi connectivity index (χ2n) is 6.20. The topological polar surface area (TPSA) is 63.2 Å². The zero-order chi connectivity index (χ0) is 19.2. The van der Waals surface area contributed by atoms with Crippen LogP contribution >= 0.6 is 11.6 Å². The fourth-order valence-corrected chi connectivity index (χ4v) is 2.88. The number of aryl methyl sites for hydroxylation is 1. The number of halogens is 1. The molecule has 6 nitrogen and oxygen atoms in total. The maximum absolute atomic E-state index is 6.20. The van der Waals surface area contributed by atoms with Gasteiger partial charge in [0.15, 0.2) is 0 Å². The monoisotopic (exact) mass is 383 g/mol. The van der Waals surface area contributed by atoms with Crippen molar-refractivity contribution in [2.24, 2.45) is 0 Å². The second-order valence-corrected chi connectivity index (χ2v) is 6.60. The van der Waals surface area contributed by atoms with Gasteiger partial charge in [-0.15, -0.1) is 0 Å². The number of likely N-dealkylation sites (N-methyl/N-ethyl adjacent to an activating group) is 1. The lowest BCUT2D eigenvalue weighted by atomic mass is 10.2. The highest BCUT2D eigenvalue weighted by Crippen LogP contribution is 2.28. The van der Waals surface area contributed by atoms with Gasteiger partial charge in [0.1, 0.15) is 11.6 Å². The molecule has 27 heavy (non-hydrogen) atoms. The molecule has 0 aliphatic heterocycles. The quantitative estimate of drug-likeness (QED) is 0.657. The fourth-order valence-electron chi connectivity index (χ4n) is 2.63. The number of rotatable bonds is 7. The summed E-state index contributed by atoms with van der Waals surface area (Å²) in [5.74, 6) is 2.03. The van der Waals surface area contributed by atoms with Crippen molar-refractivity contribution in [1.82, 2.24) is 15.0 Å². The molecule has 0 unspecified atom stereocenters. The van der Waals surface area contributed by atoms with Crippen LogP contribution in [0.25, 0.3) is 0 Å². The Hall–Kier alpha value is -2.86. The Morgan fingerprint density at radius 3 is 2.59 bits per heavy atom. The Morgan fingerprint density at radius 2 is 1.89 bits per heavy atom. The number of hydrogen-bond donors (Lipinski definition) is 1. The van der Waals surface area contributed by atoms with Gasteiger partial charge in [-0.2, -0.15) is 4.98 Å². The summed E-state index contributed by atoms with van der Waals surface area (Å²) < 4.78 is 5.19. The zero-order valence-electron chi connectivity index (χ0n) is 15.6. The Balaban J connectivity index is 1.72. The lowest BCUT2D eigenvalue weighted by Gasteiger charge is -2.18. The molecule has 0 saturated carbocycles. The fraction of sp³-hybridized carbons (Fsp3) is 0.250. The van der Waals surface area contributed by atoms with Gasteiger partial charge in [0.05, 0.1) is 12.1 Å². The van der Waals surface area contributed by atoms with Crippen molar-refractivity contribution >= 4 is 29.1 Å². The molecule has 7 heteroatoms. The van der Waals surface area contributed by atoms with Crippen molar-refractivity contribution in [3.8, 4) is 5.75 Å². The SMILES string of the molecule is COc1ccc(Nc2cc(C)nc(N(C)CCc3ccncc3)n2)cc1Cl.